The fourth-order valence-corrected chi connectivity index (χ4v) is 4.77. The van der Waals surface area contributed by atoms with E-state index in [1.54, 1.807) is 6.07 Å². The molecule has 22 heavy (non-hydrogen) atoms. The summed E-state index contributed by atoms with van der Waals surface area (Å²) < 4.78 is 42.0. The number of hydrogen-bond acceptors (Lipinski definition) is 9. The lowest BCUT2D eigenvalue weighted by Crippen LogP contribution is -2.54. The van der Waals surface area contributed by atoms with Crippen molar-refractivity contribution in [2.24, 2.45) is 0 Å². The normalized spacial score (nSPS) is 40.0. The fourth-order valence-electron chi connectivity index (χ4n) is 3.02. The van der Waals surface area contributed by atoms with E-state index in [1.807, 2.05) is 0 Å². The first-order valence-corrected chi connectivity index (χ1v) is 7.74. The molecule has 10 heteroatoms. The van der Waals surface area contributed by atoms with Crippen molar-refractivity contribution in [3.05, 3.63) is 12.7 Å². The van der Waals surface area contributed by atoms with E-state index in [9.17, 15) is 23.3 Å². The smallest absolute Gasteiger partial charge is 0.344 e. The first-order chi connectivity index (χ1) is 10.4. The molecule has 5 atom stereocenters. The molecule has 0 amide bonds. The molecule has 0 spiro atoms. The van der Waals surface area contributed by atoms with Gasteiger partial charge in [-0.05, 0) is 0 Å². The Morgan fingerprint density at radius 1 is 1.45 bits per heavy atom. The topological polar surface area (TPSA) is 129 Å². The molecule has 3 aliphatic heterocycles. The SMILES string of the molecule is C=CC(=O)OCC(=O)OC1C2CC3OS(=O)(=O)C1(C#N)C3O2. The second kappa shape index (κ2) is 4.77. The zero-order valence-electron chi connectivity index (χ0n) is 11.1. The highest BCUT2D eigenvalue weighted by Crippen LogP contribution is 2.54. The second-order valence-corrected chi connectivity index (χ2v) is 6.82. The van der Waals surface area contributed by atoms with Crippen LogP contribution in [0.2, 0.25) is 0 Å². The molecule has 0 aromatic rings. The van der Waals surface area contributed by atoms with Gasteiger partial charge in [0, 0.05) is 12.5 Å². The van der Waals surface area contributed by atoms with E-state index in [4.69, 9.17) is 13.7 Å². The van der Waals surface area contributed by atoms with Crippen LogP contribution in [0.15, 0.2) is 12.7 Å². The first kappa shape index (κ1) is 15.0. The number of carbonyl (C=O) groups excluding carboxylic acids is 2. The molecule has 0 aliphatic carbocycles. The van der Waals surface area contributed by atoms with Gasteiger partial charge in [0.25, 0.3) is 14.9 Å². The minimum absolute atomic E-state index is 0.206. The number of esters is 2. The van der Waals surface area contributed by atoms with Crippen LogP contribution >= 0.6 is 0 Å². The van der Waals surface area contributed by atoms with E-state index >= 15 is 0 Å². The van der Waals surface area contributed by atoms with Crippen LogP contribution in [-0.4, -0.2) is 56.1 Å². The van der Waals surface area contributed by atoms with Gasteiger partial charge in [-0.1, -0.05) is 6.58 Å². The predicted molar refractivity (Wildman–Crippen MR) is 66.5 cm³/mol. The Hall–Kier alpha value is -1.96. The lowest BCUT2D eigenvalue weighted by Gasteiger charge is -2.27. The number of ether oxygens (including phenoxy) is 3. The molecule has 3 fully saturated rings. The van der Waals surface area contributed by atoms with Crippen molar-refractivity contribution < 1.29 is 36.4 Å². The third-order valence-corrected chi connectivity index (χ3v) is 5.79. The van der Waals surface area contributed by atoms with Gasteiger partial charge in [0.05, 0.1) is 6.07 Å². The molecule has 3 heterocycles. The second-order valence-electron chi connectivity index (χ2n) is 5.05. The van der Waals surface area contributed by atoms with E-state index in [2.05, 4.69) is 11.3 Å². The summed E-state index contributed by atoms with van der Waals surface area (Å²) in [4.78, 5) is 22.6. The summed E-state index contributed by atoms with van der Waals surface area (Å²) in [6, 6.07) is 1.68. The molecule has 0 aromatic carbocycles. The monoisotopic (exact) mass is 329 g/mol. The summed E-state index contributed by atoms with van der Waals surface area (Å²) in [6.07, 6.45) is -2.71. The molecule has 118 valence electrons. The van der Waals surface area contributed by atoms with Gasteiger partial charge < -0.3 is 14.2 Å². The highest BCUT2D eigenvalue weighted by Gasteiger charge is 2.78. The molecular formula is C12H11NO8S. The van der Waals surface area contributed by atoms with Crippen molar-refractivity contribution in [2.45, 2.75) is 35.6 Å². The fraction of sp³-hybridized carbons (Fsp3) is 0.583. The molecule has 0 radical (unpaired) electrons. The van der Waals surface area contributed by atoms with Gasteiger partial charge >= 0.3 is 11.9 Å². The molecule has 0 N–H and O–H groups in total. The molecule has 9 nitrogen and oxygen atoms in total. The Labute approximate surface area is 125 Å². The minimum Gasteiger partial charge on any atom is -0.454 e. The number of hydrogen-bond donors (Lipinski definition) is 0. The van der Waals surface area contributed by atoms with Crippen LogP contribution in [0, 0.1) is 11.3 Å². The van der Waals surface area contributed by atoms with Crippen molar-refractivity contribution in [3.8, 4) is 6.07 Å². The molecule has 0 aromatic heterocycles. The standard InChI is InChI=1S/C12H11NO8S/c1-2-8(14)18-4-9(15)20-10-6-3-7-11(19-6)12(10,5-13)22(16,17)21-7/h2,6-7,10-11H,1,3-4H2. The maximum Gasteiger partial charge on any atom is 0.344 e. The Kier molecular flexibility index (Phi) is 3.24. The van der Waals surface area contributed by atoms with Gasteiger partial charge in [-0.3, -0.25) is 4.18 Å². The summed E-state index contributed by atoms with van der Waals surface area (Å²) in [6.45, 7) is 2.44. The Morgan fingerprint density at radius 2 is 2.18 bits per heavy atom. The Morgan fingerprint density at radius 3 is 2.82 bits per heavy atom. The molecule has 3 rings (SSSR count). The molecule has 0 saturated carbocycles. The third kappa shape index (κ3) is 1.79. The molecule has 3 aliphatic rings. The molecule has 5 unspecified atom stereocenters. The minimum atomic E-state index is -4.26. The highest BCUT2D eigenvalue weighted by atomic mass is 32.2. The zero-order valence-corrected chi connectivity index (χ0v) is 11.9. The van der Waals surface area contributed by atoms with Crippen LogP contribution in [0.4, 0.5) is 0 Å². The van der Waals surface area contributed by atoms with Crippen LogP contribution in [0.1, 0.15) is 6.42 Å². The van der Waals surface area contributed by atoms with E-state index in [-0.39, 0.29) is 6.42 Å². The quantitative estimate of drug-likeness (QED) is 0.354. The van der Waals surface area contributed by atoms with Crippen LogP contribution in [0.3, 0.4) is 0 Å². The number of carbonyl (C=O) groups is 2. The van der Waals surface area contributed by atoms with Crippen LogP contribution in [0.25, 0.3) is 0 Å². The Balaban J connectivity index is 1.80. The van der Waals surface area contributed by atoms with Gasteiger partial charge in [-0.25, -0.2) is 9.59 Å². The molecule has 3 saturated heterocycles. The van der Waals surface area contributed by atoms with Crippen LogP contribution in [-0.2, 0) is 38.1 Å². The lowest BCUT2D eigenvalue weighted by atomic mass is 9.85. The summed E-state index contributed by atoms with van der Waals surface area (Å²) in [7, 11) is -4.26. The molecule has 2 bridgehead atoms. The van der Waals surface area contributed by atoms with Gasteiger partial charge in [-0.15, -0.1) is 0 Å². The number of nitrogens with zero attached hydrogens (tertiary/aromatic N) is 1. The van der Waals surface area contributed by atoms with Crippen molar-refractivity contribution in [2.75, 3.05) is 6.61 Å². The third-order valence-electron chi connectivity index (χ3n) is 3.90. The van der Waals surface area contributed by atoms with Crippen molar-refractivity contribution in [3.63, 3.8) is 0 Å². The van der Waals surface area contributed by atoms with Crippen molar-refractivity contribution in [1.82, 2.24) is 0 Å². The van der Waals surface area contributed by atoms with Crippen LogP contribution < -0.4 is 0 Å². The van der Waals surface area contributed by atoms with Crippen LogP contribution in [0.5, 0.6) is 0 Å². The summed E-state index contributed by atoms with van der Waals surface area (Å²) >= 11 is 0. The first-order valence-electron chi connectivity index (χ1n) is 6.34. The van der Waals surface area contributed by atoms with E-state index in [1.165, 1.54) is 0 Å². The number of nitriles is 1. The van der Waals surface area contributed by atoms with E-state index < -0.39 is 57.8 Å². The largest absolute Gasteiger partial charge is 0.454 e. The summed E-state index contributed by atoms with van der Waals surface area (Å²) in [5, 5.41) is 9.36. The lowest BCUT2D eigenvalue weighted by molar-refractivity contribution is -0.162. The number of rotatable bonds is 4. The van der Waals surface area contributed by atoms with Crippen molar-refractivity contribution in [1.29, 1.82) is 5.26 Å². The van der Waals surface area contributed by atoms with Gasteiger partial charge in [-0.2, -0.15) is 13.7 Å². The predicted octanol–water partition coefficient (Wildman–Crippen LogP) is -1.21. The summed E-state index contributed by atoms with van der Waals surface area (Å²) in [5.41, 5.74) is 0. The van der Waals surface area contributed by atoms with Gasteiger partial charge in [0.1, 0.15) is 18.3 Å². The maximum atomic E-state index is 12.1. The average molecular weight is 329 g/mol. The zero-order chi connectivity index (χ0) is 16.1. The van der Waals surface area contributed by atoms with E-state index in [0.29, 0.717) is 0 Å². The number of fused-ring (bicyclic) bond motifs is 1. The average Bonchev–Trinajstić information content (AvgIpc) is 3.04. The van der Waals surface area contributed by atoms with E-state index in [0.717, 1.165) is 6.08 Å². The van der Waals surface area contributed by atoms with Gasteiger partial charge in [0.2, 0.25) is 0 Å². The maximum absolute atomic E-state index is 12.1. The van der Waals surface area contributed by atoms with Crippen molar-refractivity contribution >= 4 is 22.1 Å². The Bertz CT molecular complexity index is 694. The molecular weight excluding hydrogens is 318 g/mol. The van der Waals surface area contributed by atoms with Gasteiger partial charge in [0.15, 0.2) is 12.7 Å². The summed E-state index contributed by atoms with van der Waals surface area (Å²) in [5.74, 6) is -1.81. The highest BCUT2D eigenvalue weighted by molar-refractivity contribution is 7.88.